The molecule has 0 spiro atoms. The number of primary amides is 1. The van der Waals surface area contributed by atoms with Crippen molar-refractivity contribution in [3.05, 3.63) is 52.5 Å². The molecule has 0 bridgehead atoms. The summed E-state index contributed by atoms with van der Waals surface area (Å²) in [5.41, 5.74) is 11.7. The number of rotatable bonds is 4. The number of benzene rings is 2. The van der Waals surface area contributed by atoms with E-state index in [0.717, 1.165) is 0 Å². The molecule has 110 valence electrons. The summed E-state index contributed by atoms with van der Waals surface area (Å²) in [6.45, 7) is 0. The maximum atomic E-state index is 12.3. The number of hydrogen-bond donors (Lipinski definition) is 3. The number of nitrogens with one attached hydrogen (secondary N) is 1. The summed E-state index contributed by atoms with van der Waals surface area (Å²) in [7, 11) is -3.79. The lowest BCUT2D eigenvalue weighted by atomic mass is 10.2. The predicted octanol–water partition coefficient (Wildman–Crippen LogP) is 1.93. The number of halogens is 1. The van der Waals surface area contributed by atoms with Gasteiger partial charge in [-0.1, -0.05) is 0 Å². The number of anilines is 2. The van der Waals surface area contributed by atoms with Crippen LogP contribution in [0.4, 0.5) is 11.4 Å². The van der Waals surface area contributed by atoms with Gasteiger partial charge in [0.2, 0.25) is 5.91 Å². The average Bonchev–Trinajstić information content (AvgIpc) is 2.41. The minimum absolute atomic E-state index is 0.0291. The lowest BCUT2D eigenvalue weighted by molar-refractivity contribution is 0.100. The second kappa shape index (κ2) is 5.74. The zero-order valence-electron chi connectivity index (χ0n) is 10.7. The fraction of sp³-hybridized carbons (Fsp3) is 0. The van der Waals surface area contributed by atoms with Crippen molar-refractivity contribution in [3.63, 3.8) is 0 Å². The number of carbonyl (C=O) groups excluding carboxylic acids is 1. The molecule has 0 saturated carbocycles. The third-order valence-electron chi connectivity index (χ3n) is 2.67. The average molecular weight is 370 g/mol. The quantitative estimate of drug-likeness (QED) is 0.713. The molecule has 5 N–H and O–H groups in total. The van der Waals surface area contributed by atoms with Crippen LogP contribution in [-0.2, 0) is 10.0 Å². The number of sulfonamides is 1. The lowest BCUT2D eigenvalue weighted by Gasteiger charge is -2.10. The normalized spacial score (nSPS) is 11.1. The lowest BCUT2D eigenvalue weighted by Crippen LogP contribution is -2.14. The molecule has 1 amide bonds. The van der Waals surface area contributed by atoms with Gasteiger partial charge in [-0.2, -0.15) is 0 Å². The van der Waals surface area contributed by atoms with Crippen LogP contribution in [0.25, 0.3) is 0 Å². The molecule has 0 aromatic heterocycles. The first-order chi connectivity index (χ1) is 9.79. The Labute approximate surface area is 130 Å². The van der Waals surface area contributed by atoms with E-state index in [4.69, 9.17) is 11.5 Å². The van der Waals surface area contributed by atoms with E-state index >= 15 is 0 Å². The highest BCUT2D eigenvalue weighted by atomic mass is 79.9. The molecule has 0 fully saturated rings. The monoisotopic (exact) mass is 369 g/mol. The van der Waals surface area contributed by atoms with Gasteiger partial charge in [-0.25, -0.2) is 8.42 Å². The van der Waals surface area contributed by atoms with Crippen LogP contribution >= 0.6 is 15.9 Å². The van der Waals surface area contributed by atoms with E-state index in [1.807, 2.05) is 0 Å². The van der Waals surface area contributed by atoms with Crippen molar-refractivity contribution in [2.75, 3.05) is 10.5 Å². The summed E-state index contributed by atoms with van der Waals surface area (Å²) in [4.78, 5) is 11.0. The highest BCUT2D eigenvalue weighted by molar-refractivity contribution is 9.10. The van der Waals surface area contributed by atoms with Gasteiger partial charge >= 0.3 is 0 Å². The molecule has 2 aromatic carbocycles. The van der Waals surface area contributed by atoms with Crippen molar-refractivity contribution >= 4 is 43.2 Å². The fourth-order valence-electron chi connectivity index (χ4n) is 1.64. The van der Waals surface area contributed by atoms with Gasteiger partial charge in [0.1, 0.15) is 4.90 Å². The largest absolute Gasteiger partial charge is 0.399 e. The first-order valence-corrected chi connectivity index (χ1v) is 8.05. The van der Waals surface area contributed by atoms with Crippen LogP contribution in [0.2, 0.25) is 0 Å². The SMILES string of the molecule is NC(=O)c1ccc(NS(=O)(=O)c2cc(N)ccc2Br)cc1. The molecular formula is C13H12BrN3O3S. The Balaban J connectivity index is 2.33. The van der Waals surface area contributed by atoms with Gasteiger partial charge in [-0.05, 0) is 58.4 Å². The van der Waals surface area contributed by atoms with Crippen molar-refractivity contribution in [3.8, 4) is 0 Å². The first-order valence-electron chi connectivity index (χ1n) is 5.77. The van der Waals surface area contributed by atoms with Crippen LogP contribution in [0.3, 0.4) is 0 Å². The molecule has 8 heteroatoms. The zero-order valence-corrected chi connectivity index (χ0v) is 13.1. The summed E-state index contributed by atoms with van der Waals surface area (Å²) >= 11 is 3.17. The predicted molar refractivity (Wildman–Crippen MR) is 84.3 cm³/mol. The summed E-state index contributed by atoms with van der Waals surface area (Å²) in [5.74, 6) is -0.581. The van der Waals surface area contributed by atoms with Gasteiger partial charge in [-0.15, -0.1) is 0 Å². The van der Waals surface area contributed by atoms with E-state index in [0.29, 0.717) is 21.4 Å². The number of nitrogens with two attached hydrogens (primary N) is 2. The van der Waals surface area contributed by atoms with Crippen molar-refractivity contribution in [2.45, 2.75) is 4.90 Å². The number of amides is 1. The first kappa shape index (κ1) is 15.3. The molecule has 0 aliphatic heterocycles. The Morgan fingerprint density at radius 3 is 2.29 bits per heavy atom. The fourth-order valence-corrected chi connectivity index (χ4v) is 3.70. The van der Waals surface area contributed by atoms with E-state index in [-0.39, 0.29) is 4.90 Å². The second-order valence-electron chi connectivity index (χ2n) is 4.24. The molecule has 21 heavy (non-hydrogen) atoms. The van der Waals surface area contributed by atoms with Gasteiger partial charge in [0.05, 0.1) is 0 Å². The van der Waals surface area contributed by atoms with Crippen molar-refractivity contribution in [1.82, 2.24) is 0 Å². The molecule has 0 unspecified atom stereocenters. The summed E-state index contributed by atoms with van der Waals surface area (Å²) in [6.07, 6.45) is 0. The molecule has 0 heterocycles. The van der Waals surface area contributed by atoms with E-state index in [2.05, 4.69) is 20.7 Å². The van der Waals surface area contributed by atoms with E-state index < -0.39 is 15.9 Å². The summed E-state index contributed by atoms with van der Waals surface area (Å²) < 4.78 is 27.4. The number of nitrogen functional groups attached to an aromatic ring is 1. The molecule has 2 rings (SSSR count). The van der Waals surface area contributed by atoms with Gasteiger partial charge in [0.25, 0.3) is 10.0 Å². The van der Waals surface area contributed by atoms with Crippen molar-refractivity contribution in [1.29, 1.82) is 0 Å². The van der Waals surface area contributed by atoms with Crippen molar-refractivity contribution < 1.29 is 13.2 Å². The second-order valence-corrected chi connectivity index (χ2v) is 6.74. The van der Waals surface area contributed by atoms with E-state index in [1.165, 1.54) is 30.3 Å². The Bertz CT molecular complexity index is 789. The summed E-state index contributed by atoms with van der Waals surface area (Å²) in [6, 6.07) is 10.3. The van der Waals surface area contributed by atoms with E-state index in [9.17, 15) is 13.2 Å². The highest BCUT2D eigenvalue weighted by Gasteiger charge is 2.18. The molecule has 0 saturated heterocycles. The van der Waals surface area contributed by atoms with Crippen molar-refractivity contribution in [2.24, 2.45) is 5.73 Å². The maximum absolute atomic E-state index is 12.3. The molecule has 0 aliphatic carbocycles. The molecule has 6 nitrogen and oxygen atoms in total. The smallest absolute Gasteiger partial charge is 0.263 e. The molecular weight excluding hydrogens is 358 g/mol. The van der Waals surface area contributed by atoms with Crippen LogP contribution < -0.4 is 16.2 Å². The highest BCUT2D eigenvalue weighted by Crippen LogP contribution is 2.26. The minimum atomic E-state index is -3.79. The Morgan fingerprint density at radius 1 is 1.10 bits per heavy atom. The summed E-state index contributed by atoms with van der Waals surface area (Å²) in [5, 5.41) is 0. The van der Waals surface area contributed by atoms with Gasteiger partial charge < -0.3 is 11.5 Å². The van der Waals surface area contributed by atoms with E-state index in [1.54, 1.807) is 12.1 Å². The van der Waals surface area contributed by atoms with Gasteiger partial charge in [-0.3, -0.25) is 9.52 Å². The van der Waals surface area contributed by atoms with Gasteiger partial charge in [0, 0.05) is 21.4 Å². The standard InChI is InChI=1S/C13H12BrN3O3S/c14-11-6-3-9(15)7-12(11)21(19,20)17-10-4-1-8(2-5-10)13(16)18/h1-7,17H,15H2,(H2,16,18). The number of hydrogen-bond acceptors (Lipinski definition) is 4. The number of carbonyl (C=O) groups is 1. The zero-order chi connectivity index (χ0) is 15.6. The van der Waals surface area contributed by atoms with Crippen LogP contribution in [0.15, 0.2) is 51.8 Å². The minimum Gasteiger partial charge on any atom is -0.399 e. The molecule has 0 radical (unpaired) electrons. The molecule has 0 atom stereocenters. The third kappa shape index (κ3) is 3.53. The molecule has 2 aromatic rings. The Morgan fingerprint density at radius 2 is 1.71 bits per heavy atom. The Hall–Kier alpha value is -2.06. The van der Waals surface area contributed by atoms with Crippen LogP contribution in [0, 0.1) is 0 Å². The van der Waals surface area contributed by atoms with Crippen LogP contribution in [-0.4, -0.2) is 14.3 Å². The molecule has 0 aliphatic rings. The van der Waals surface area contributed by atoms with Crippen LogP contribution in [0.1, 0.15) is 10.4 Å². The Kier molecular flexibility index (Phi) is 4.19. The maximum Gasteiger partial charge on any atom is 0.263 e. The van der Waals surface area contributed by atoms with Gasteiger partial charge in [0.15, 0.2) is 0 Å². The third-order valence-corrected chi connectivity index (χ3v) is 5.04. The van der Waals surface area contributed by atoms with Crippen LogP contribution in [0.5, 0.6) is 0 Å². The topological polar surface area (TPSA) is 115 Å².